The molecular weight excluding hydrogens is 420 g/mol. The molecule has 4 aromatic rings. The van der Waals surface area contributed by atoms with E-state index >= 15 is 0 Å². The van der Waals surface area contributed by atoms with Crippen molar-refractivity contribution >= 4 is 23.3 Å². The first-order chi connectivity index (χ1) is 15.8. The predicted molar refractivity (Wildman–Crippen MR) is 127 cm³/mol. The van der Waals surface area contributed by atoms with E-state index in [0.29, 0.717) is 22.9 Å². The average molecular weight is 440 g/mol. The highest BCUT2D eigenvalue weighted by Gasteiger charge is 2.14. The van der Waals surface area contributed by atoms with E-state index in [4.69, 9.17) is 26.4 Å². The summed E-state index contributed by atoms with van der Waals surface area (Å²) in [5, 5.41) is 18.3. The molecule has 7 nitrogen and oxygen atoms in total. The van der Waals surface area contributed by atoms with E-state index in [1.807, 2.05) is 0 Å². The van der Waals surface area contributed by atoms with Gasteiger partial charge in [-0.3, -0.25) is 0 Å². The third kappa shape index (κ3) is 4.62. The van der Waals surface area contributed by atoms with Crippen LogP contribution in [0.2, 0.25) is 0 Å². The van der Waals surface area contributed by atoms with Crippen LogP contribution in [0.15, 0.2) is 84.9 Å². The second-order valence-electron chi connectivity index (χ2n) is 7.38. The molecule has 0 aliphatic carbocycles. The van der Waals surface area contributed by atoms with Crippen molar-refractivity contribution < 1.29 is 24.5 Å². The molecule has 0 radical (unpaired) electrons. The predicted octanol–water partition coefficient (Wildman–Crippen LogP) is 5.37. The molecule has 7 heteroatoms. The van der Waals surface area contributed by atoms with Crippen molar-refractivity contribution in [1.82, 2.24) is 0 Å². The fourth-order valence-corrected chi connectivity index (χ4v) is 3.43. The van der Waals surface area contributed by atoms with E-state index in [1.165, 1.54) is 24.3 Å². The Morgan fingerprint density at radius 3 is 1.27 bits per heavy atom. The highest BCUT2D eigenvalue weighted by Crippen LogP contribution is 2.40. The number of anilines is 2. The van der Waals surface area contributed by atoms with Crippen LogP contribution in [0.4, 0.5) is 11.4 Å². The summed E-state index contributed by atoms with van der Waals surface area (Å²) in [6.07, 6.45) is 0. The zero-order valence-electron chi connectivity index (χ0n) is 17.4. The maximum atomic E-state index is 11.2. The van der Waals surface area contributed by atoms with E-state index in [1.54, 1.807) is 60.7 Å². The van der Waals surface area contributed by atoms with Gasteiger partial charge in [-0.1, -0.05) is 24.3 Å². The first-order valence-electron chi connectivity index (χ1n) is 9.96. The molecule has 0 saturated carbocycles. The molecule has 6 N–H and O–H groups in total. The summed E-state index contributed by atoms with van der Waals surface area (Å²) in [4.78, 5) is 22.4. The molecule has 0 aliphatic heterocycles. The lowest BCUT2D eigenvalue weighted by Crippen LogP contribution is -1.97. The van der Waals surface area contributed by atoms with Crippen molar-refractivity contribution in [2.45, 2.75) is 0 Å². The average Bonchev–Trinajstić information content (AvgIpc) is 2.79. The standard InChI is InChI=1S/C26H20N2O5/c27-19-9-11-21(15-1-5-17(6-2-15)25(29)30)23(13-19)33-24-14-20(28)10-12-22(24)16-3-7-18(8-4-16)26(31)32/h1-14H,27-28H2,(H,29,30)(H,31,32). The Kier molecular flexibility index (Phi) is 5.69. The van der Waals surface area contributed by atoms with Crippen LogP contribution in [0.1, 0.15) is 20.7 Å². The van der Waals surface area contributed by atoms with E-state index in [-0.39, 0.29) is 11.1 Å². The van der Waals surface area contributed by atoms with Crippen LogP contribution in [0.5, 0.6) is 11.5 Å². The van der Waals surface area contributed by atoms with Crippen LogP contribution in [0, 0.1) is 0 Å². The maximum Gasteiger partial charge on any atom is 0.335 e. The second kappa shape index (κ2) is 8.76. The summed E-state index contributed by atoms with van der Waals surface area (Å²) in [6.45, 7) is 0. The molecule has 0 amide bonds. The van der Waals surface area contributed by atoms with Gasteiger partial charge in [-0.15, -0.1) is 0 Å². The van der Waals surface area contributed by atoms with Gasteiger partial charge in [0.05, 0.1) is 11.1 Å². The van der Waals surface area contributed by atoms with E-state index in [2.05, 4.69) is 0 Å². The Labute approximate surface area is 189 Å². The first-order valence-corrected chi connectivity index (χ1v) is 9.96. The highest BCUT2D eigenvalue weighted by molar-refractivity contribution is 5.89. The van der Waals surface area contributed by atoms with Crippen LogP contribution in [0.3, 0.4) is 0 Å². The Bertz CT molecular complexity index is 1240. The van der Waals surface area contributed by atoms with E-state index < -0.39 is 11.9 Å². The Morgan fingerprint density at radius 1 is 0.576 bits per heavy atom. The van der Waals surface area contributed by atoms with Gasteiger partial charge in [-0.25, -0.2) is 9.59 Å². The SMILES string of the molecule is Nc1ccc(-c2ccc(C(=O)O)cc2)c(Oc2cc(N)ccc2-c2ccc(C(=O)O)cc2)c1. The zero-order valence-corrected chi connectivity index (χ0v) is 17.4. The van der Waals surface area contributed by atoms with Gasteiger partial charge in [-0.2, -0.15) is 0 Å². The number of carboxylic acid groups (broad SMARTS) is 2. The number of nitrogen functional groups attached to an aromatic ring is 2. The molecular formula is C26H20N2O5. The Balaban J connectivity index is 1.76. The quantitative estimate of drug-likeness (QED) is 0.296. The number of hydrogen-bond acceptors (Lipinski definition) is 5. The molecule has 33 heavy (non-hydrogen) atoms. The molecule has 0 fully saturated rings. The first kappa shape index (κ1) is 21.5. The molecule has 164 valence electrons. The number of benzene rings is 4. The summed E-state index contributed by atoms with van der Waals surface area (Å²) in [6, 6.07) is 23.3. The number of nitrogens with two attached hydrogens (primary N) is 2. The fraction of sp³-hybridized carbons (Fsp3) is 0. The van der Waals surface area contributed by atoms with E-state index in [9.17, 15) is 9.59 Å². The van der Waals surface area contributed by atoms with Crippen molar-refractivity contribution in [2.75, 3.05) is 11.5 Å². The molecule has 0 atom stereocenters. The minimum atomic E-state index is -1.01. The maximum absolute atomic E-state index is 11.2. The molecule has 0 aliphatic rings. The molecule has 0 aromatic heterocycles. The minimum absolute atomic E-state index is 0.180. The summed E-state index contributed by atoms with van der Waals surface area (Å²) >= 11 is 0. The molecule has 0 heterocycles. The van der Waals surface area contributed by atoms with Crippen LogP contribution in [-0.2, 0) is 0 Å². The minimum Gasteiger partial charge on any atom is -0.478 e. The molecule has 4 aromatic carbocycles. The topological polar surface area (TPSA) is 136 Å². The normalized spacial score (nSPS) is 10.5. The van der Waals surface area contributed by atoms with Crippen molar-refractivity contribution in [1.29, 1.82) is 0 Å². The van der Waals surface area contributed by atoms with Gasteiger partial charge in [0, 0.05) is 34.6 Å². The number of hydrogen-bond donors (Lipinski definition) is 4. The van der Waals surface area contributed by atoms with Gasteiger partial charge in [0.15, 0.2) is 0 Å². The van der Waals surface area contributed by atoms with Gasteiger partial charge in [0.2, 0.25) is 0 Å². The lowest BCUT2D eigenvalue weighted by atomic mass is 10.0. The van der Waals surface area contributed by atoms with Crippen molar-refractivity contribution in [3.63, 3.8) is 0 Å². The fourth-order valence-electron chi connectivity index (χ4n) is 3.43. The number of rotatable bonds is 6. The monoisotopic (exact) mass is 440 g/mol. The molecule has 4 rings (SSSR count). The van der Waals surface area contributed by atoms with Gasteiger partial charge in [0.1, 0.15) is 11.5 Å². The number of carbonyl (C=O) groups is 2. The summed E-state index contributed by atoms with van der Waals surface area (Å²) in [7, 11) is 0. The smallest absolute Gasteiger partial charge is 0.335 e. The number of carboxylic acids is 2. The largest absolute Gasteiger partial charge is 0.478 e. The molecule has 0 spiro atoms. The van der Waals surface area contributed by atoms with Crippen LogP contribution in [-0.4, -0.2) is 22.2 Å². The second-order valence-corrected chi connectivity index (χ2v) is 7.38. The third-order valence-corrected chi connectivity index (χ3v) is 5.12. The zero-order chi connectivity index (χ0) is 23.5. The van der Waals surface area contributed by atoms with Crippen LogP contribution < -0.4 is 16.2 Å². The van der Waals surface area contributed by atoms with Gasteiger partial charge in [0.25, 0.3) is 0 Å². The van der Waals surface area contributed by atoms with E-state index in [0.717, 1.165) is 22.3 Å². The molecule has 0 saturated heterocycles. The van der Waals surface area contributed by atoms with Crippen molar-refractivity contribution in [2.24, 2.45) is 0 Å². The summed E-state index contributed by atoms with van der Waals surface area (Å²) < 4.78 is 6.27. The third-order valence-electron chi connectivity index (χ3n) is 5.12. The van der Waals surface area contributed by atoms with Crippen molar-refractivity contribution in [3.8, 4) is 33.8 Å². The lowest BCUT2D eigenvalue weighted by molar-refractivity contribution is 0.0686. The number of ether oxygens (including phenoxy) is 1. The highest BCUT2D eigenvalue weighted by atomic mass is 16.5. The molecule has 0 bridgehead atoms. The van der Waals surface area contributed by atoms with Gasteiger partial charge >= 0.3 is 11.9 Å². The summed E-state index contributed by atoms with van der Waals surface area (Å²) in [5.41, 5.74) is 16.3. The Morgan fingerprint density at radius 2 is 0.939 bits per heavy atom. The lowest BCUT2D eigenvalue weighted by Gasteiger charge is -2.16. The number of aromatic carboxylic acids is 2. The van der Waals surface area contributed by atoms with Crippen molar-refractivity contribution in [3.05, 3.63) is 96.1 Å². The van der Waals surface area contributed by atoms with Gasteiger partial charge < -0.3 is 26.4 Å². The Hall–Kier alpha value is -4.78. The summed E-state index contributed by atoms with van der Waals surface area (Å²) in [5.74, 6) is -1.08. The van der Waals surface area contributed by atoms with Crippen LogP contribution >= 0.6 is 0 Å². The van der Waals surface area contributed by atoms with Gasteiger partial charge in [-0.05, 0) is 59.7 Å². The molecule has 0 unspecified atom stereocenters. The van der Waals surface area contributed by atoms with Crippen LogP contribution in [0.25, 0.3) is 22.3 Å².